The Morgan fingerprint density at radius 2 is 1.83 bits per heavy atom. The zero-order chi connectivity index (χ0) is 22.1. The van der Waals surface area contributed by atoms with E-state index in [1.807, 2.05) is 13.8 Å². The Kier molecular flexibility index (Phi) is 5.75. The van der Waals surface area contributed by atoms with E-state index in [1.165, 1.54) is 12.3 Å². The van der Waals surface area contributed by atoms with Crippen molar-refractivity contribution in [1.82, 2.24) is 9.97 Å². The molecule has 0 saturated carbocycles. The summed E-state index contributed by atoms with van der Waals surface area (Å²) in [6.45, 7) is 4.00. The minimum Gasteiger partial charge on any atom is -0.364 e. The van der Waals surface area contributed by atoms with Gasteiger partial charge in [-0.25, -0.2) is 17.8 Å². The average Bonchev–Trinajstić information content (AvgIpc) is 3.06. The first kappa shape index (κ1) is 21.3. The lowest BCUT2D eigenvalue weighted by molar-refractivity contribution is 0.0997. The maximum absolute atomic E-state index is 14.4. The van der Waals surface area contributed by atoms with Crippen molar-refractivity contribution in [3.05, 3.63) is 60.2 Å². The molecule has 156 valence electrons. The summed E-state index contributed by atoms with van der Waals surface area (Å²) in [5.41, 5.74) is 7.55. The van der Waals surface area contributed by atoms with Crippen LogP contribution in [0.3, 0.4) is 0 Å². The molecule has 0 aliphatic heterocycles. The highest BCUT2D eigenvalue weighted by atomic mass is 32.2. The number of aromatic amines is 1. The standard InChI is InChI=1S/C19H15FN4O3S.C2H6/c1-28(26,27)24-10-6-7-12-15(8-10)23-17-16(12)13(9-22-18(17)19(21)25)11-4-2-3-5-14(11)20;1-2/h2-9,23-24H,1H3,(H2,21,25);1-2H3. The number of anilines is 1. The molecule has 0 saturated heterocycles. The van der Waals surface area contributed by atoms with Crippen LogP contribution in [0.15, 0.2) is 48.7 Å². The van der Waals surface area contributed by atoms with Crippen molar-refractivity contribution in [2.45, 2.75) is 13.8 Å². The molecule has 4 aromatic rings. The van der Waals surface area contributed by atoms with Crippen molar-refractivity contribution in [1.29, 1.82) is 0 Å². The van der Waals surface area contributed by atoms with Crippen molar-refractivity contribution < 1.29 is 17.6 Å². The maximum atomic E-state index is 14.4. The number of H-pyrrole nitrogens is 1. The molecule has 30 heavy (non-hydrogen) atoms. The fourth-order valence-corrected chi connectivity index (χ4v) is 3.82. The van der Waals surface area contributed by atoms with Crippen LogP contribution in [0.5, 0.6) is 0 Å². The number of benzene rings is 2. The SMILES string of the molecule is CC.CS(=O)(=O)Nc1ccc2c(c1)[nH]c1c(C(N)=O)ncc(-c3ccccc3F)c12. The summed E-state index contributed by atoms with van der Waals surface area (Å²) in [7, 11) is -3.45. The fraction of sp³-hybridized carbons (Fsp3) is 0.143. The molecule has 0 radical (unpaired) electrons. The van der Waals surface area contributed by atoms with Gasteiger partial charge >= 0.3 is 0 Å². The summed E-state index contributed by atoms with van der Waals surface area (Å²) in [6, 6.07) is 11.1. The number of rotatable bonds is 4. The minimum atomic E-state index is -3.45. The van der Waals surface area contributed by atoms with Gasteiger partial charge in [-0.3, -0.25) is 9.52 Å². The Hall–Kier alpha value is -3.46. The van der Waals surface area contributed by atoms with Gasteiger partial charge in [-0.2, -0.15) is 0 Å². The Morgan fingerprint density at radius 1 is 1.13 bits per heavy atom. The van der Waals surface area contributed by atoms with E-state index in [4.69, 9.17) is 5.73 Å². The molecule has 1 amide bonds. The van der Waals surface area contributed by atoms with Gasteiger partial charge in [0, 0.05) is 33.6 Å². The number of halogens is 1. The van der Waals surface area contributed by atoms with E-state index < -0.39 is 21.7 Å². The lowest BCUT2D eigenvalue weighted by Gasteiger charge is -2.07. The van der Waals surface area contributed by atoms with Crippen molar-refractivity contribution in [2.75, 3.05) is 11.0 Å². The highest BCUT2D eigenvalue weighted by molar-refractivity contribution is 7.92. The van der Waals surface area contributed by atoms with Gasteiger partial charge in [0.05, 0.1) is 17.5 Å². The van der Waals surface area contributed by atoms with E-state index in [0.29, 0.717) is 38.6 Å². The number of nitrogens with zero attached hydrogens (tertiary/aromatic N) is 1. The molecule has 0 spiro atoms. The largest absolute Gasteiger partial charge is 0.364 e. The first-order chi connectivity index (χ1) is 14.2. The predicted molar refractivity (Wildman–Crippen MR) is 117 cm³/mol. The van der Waals surface area contributed by atoms with E-state index >= 15 is 0 Å². The fourth-order valence-electron chi connectivity index (χ4n) is 3.26. The molecule has 2 heterocycles. The molecule has 0 bridgehead atoms. The van der Waals surface area contributed by atoms with E-state index in [-0.39, 0.29) is 5.69 Å². The lowest BCUT2D eigenvalue weighted by atomic mass is 10.00. The number of primary amides is 1. The van der Waals surface area contributed by atoms with Crippen molar-refractivity contribution >= 4 is 43.4 Å². The molecule has 0 aliphatic carbocycles. The smallest absolute Gasteiger partial charge is 0.269 e. The number of amides is 1. The summed E-state index contributed by atoms with van der Waals surface area (Å²) < 4.78 is 39.8. The van der Waals surface area contributed by atoms with Crippen LogP contribution in [0.25, 0.3) is 32.9 Å². The number of sulfonamides is 1. The number of carbonyl (C=O) groups excluding carboxylic acids is 1. The van der Waals surface area contributed by atoms with Crippen LogP contribution in [-0.2, 0) is 10.0 Å². The molecule has 4 N–H and O–H groups in total. The Labute approximate surface area is 173 Å². The van der Waals surface area contributed by atoms with E-state index in [0.717, 1.165) is 6.26 Å². The van der Waals surface area contributed by atoms with Gasteiger partial charge in [0.2, 0.25) is 10.0 Å². The Balaban J connectivity index is 0.00000124. The predicted octanol–water partition coefficient (Wildman–Crippen LogP) is 4.02. The third-order valence-electron chi connectivity index (χ3n) is 4.33. The van der Waals surface area contributed by atoms with Gasteiger partial charge in [0.1, 0.15) is 5.82 Å². The third-order valence-corrected chi connectivity index (χ3v) is 4.93. The average molecular weight is 428 g/mol. The van der Waals surface area contributed by atoms with Crippen LogP contribution in [-0.4, -0.2) is 30.5 Å². The number of hydrogen-bond acceptors (Lipinski definition) is 4. The first-order valence-corrected chi connectivity index (χ1v) is 11.1. The molecular weight excluding hydrogens is 407 g/mol. The number of nitrogens with one attached hydrogen (secondary N) is 2. The number of aromatic nitrogens is 2. The maximum Gasteiger partial charge on any atom is 0.269 e. The van der Waals surface area contributed by atoms with Crippen molar-refractivity contribution in [3.63, 3.8) is 0 Å². The molecule has 9 heteroatoms. The highest BCUT2D eigenvalue weighted by Gasteiger charge is 2.19. The number of pyridine rings is 1. The lowest BCUT2D eigenvalue weighted by Crippen LogP contribution is -2.13. The van der Waals surface area contributed by atoms with Gasteiger partial charge in [0.15, 0.2) is 5.69 Å². The number of nitrogens with two attached hydrogens (primary N) is 1. The molecule has 0 atom stereocenters. The summed E-state index contributed by atoms with van der Waals surface area (Å²) >= 11 is 0. The van der Waals surface area contributed by atoms with Crippen molar-refractivity contribution in [3.8, 4) is 11.1 Å². The number of hydrogen-bond donors (Lipinski definition) is 3. The third kappa shape index (κ3) is 3.97. The summed E-state index contributed by atoms with van der Waals surface area (Å²) in [4.78, 5) is 19.0. The second kappa shape index (κ2) is 8.11. The summed E-state index contributed by atoms with van der Waals surface area (Å²) in [6.07, 6.45) is 2.46. The van der Waals surface area contributed by atoms with Crippen LogP contribution in [0.4, 0.5) is 10.1 Å². The molecule has 2 aromatic carbocycles. The van der Waals surface area contributed by atoms with Gasteiger partial charge < -0.3 is 10.7 Å². The van der Waals surface area contributed by atoms with E-state index in [9.17, 15) is 17.6 Å². The molecule has 2 aromatic heterocycles. The van der Waals surface area contributed by atoms with Crippen LogP contribution in [0.2, 0.25) is 0 Å². The quantitative estimate of drug-likeness (QED) is 0.455. The molecule has 7 nitrogen and oxygen atoms in total. The Morgan fingerprint density at radius 3 is 2.47 bits per heavy atom. The number of fused-ring (bicyclic) bond motifs is 3. The molecule has 0 fully saturated rings. The molecule has 0 unspecified atom stereocenters. The minimum absolute atomic E-state index is 0.0175. The highest BCUT2D eigenvalue weighted by Crippen LogP contribution is 2.37. The summed E-state index contributed by atoms with van der Waals surface area (Å²) in [5.74, 6) is -1.16. The number of carbonyl (C=O) groups is 1. The molecule has 4 rings (SSSR count). The van der Waals surface area contributed by atoms with Gasteiger partial charge in [0.25, 0.3) is 5.91 Å². The van der Waals surface area contributed by atoms with Crippen molar-refractivity contribution in [2.24, 2.45) is 5.73 Å². The van der Waals surface area contributed by atoms with Gasteiger partial charge in [-0.05, 0) is 18.2 Å². The monoisotopic (exact) mass is 428 g/mol. The first-order valence-electron chi connectivity index (χ1n) is 9.21. The molecule has 0 aliphatic rings. The summed E-state index contributed by atoms with van der Waals surface area (Å²) in [5, 5.41) is 1.26. The van der Waals surface area contributed by atoms with Crippen LogP contribution >= 0.6 is 0 Å². The Bertz CT molecular complexity index is 1360. The zero-order valence-corrected chi connectivity index (χ0v) is 17.5. The normalized spacial score (nSPS) is 11.2. The van der Waals surface area contributed by atoms with Crippen LogP contribution in [0.1, 0.15) is 24.3 Å². The second-order valence-electron chi connectivity index (χ2n) is 6.37. The van der Waals surface area contributed by atoms with E-state index in [2.05, 4.69) is 14.7 Å². The van der Waals surface area contributed by atoms with E-state index in [1.54, 1.807) is 36.4 Å². The van der Waals surface area contributed by atoms with Crippen LogP contribution in [0, 0.1) is 5.82 Å². The van der Waals surface area contributed by atoms with Gasteiger partial charge in [-0.1, -0.05) is 38.1 Å². The second-order valence-corrected chi connectivity index (χ2v) is 8.12. The van der Waals surface area contributed by atoms with Crippen LogP contribution < -0.4 is 10.5 Å². The molecular formula is C21H21FN4O3S. The zero-order valence-electron chi connectivity index (χ0n) is 16.7. The topological polar surface area (TPSA) is 118 Å². The van der Waals surface area contributed by atoms with Gasteiger partial charge in [-0.15, -0.1) is 0 Å².